The lowest BCUT2D eigenvalue weighted by molar-refractivity contribution is 0.102. The molecule has 3 rings (SSSR count). The lowest BCUT2D eigenvalue weighted by Crippen LogP contribution is -2.13. The summed E-state index contributed by atoms with van der Waals surface area (Å²) in [5.41, 5.74) is 2.34. The molecule has 0 bridgehead atoms. The third-order valence-corrected chi connectivity index (χ3v) is 3.69. The molecule has 25 heavy (non-hydrogen) atoms. The molecule has 0 saturated heterocycles. The fourth-order valence-corrected chi connectivity index (χ4v) is 2.39. The molecule has 5 heteroatoms. The fraction of sp³-hybridized carbons (Fsp3) is 0.0500. The second-order valence-electron chi connectivity index (χ2n) is 5.37. The van der Waals surface area contributed by atoms with E-state index in [1.165, 1.54) is 6.07 Å². The summed E-state index contributed by atoms with van der Waals surface area (Å²) in [7, 11) is 1.61. The summed E-state index contributed by atoms with van der Waals surface area (Å²) >= 11 is 0. The van der Waals surface area contributed by atoms with E-state index in [2.05, 4.69) is 10.6 Å². The summed E-state index contributed by atoms with van der Waals surface area (Å²) in [6, 6.07) is 21.2. The first kappa shape index (κ1) is 16.4. The molecule has 3 N–H and O–H groups in total. The molecule has 1 amide bonds. The van der Waals surface area contributed by atoms with Crippen molar-refractivity contribution in [1.29, 1.82) is 0 Å². The summed E-state index contributed by atoms with van der Waals surface area (Å²) in [6.45, 7) is 0. The van der Waals surface area contributed by atoms with Crippen molar-refractivity contribution in [2.24, 2.45) is 0 Å². The molecule has 0 spiro atoms. The molecule has 5 nitrogen and oxygen atoms in total. The van der Waals surface area contributed by atoms with Crippen LogP contribution in [0.15, 0.2) is 72.8 Å². The first-order valence-corrected chi connectivity index (χ1v) is 7.77. The second kappa shape index (κ2) is 7.40. The van der Waals surface area contributed by atoms with Crippen LogP contribution >= 0.6 is 0 Å². The molecule has 0 aliphatic rings. The van der Waals surface area contributed by atoms with Crippen LogP contribution in [-0.4, -0.2) is 18.1 Å². The molecule has 0 saturated carbocycles. The molecule has 0 radical (unpaired) electrons. The van der Waals surface area contributed by atoms with Gasteiger partial charge in [0.25, 0.3) is 5.91 Å². The van der Waals surface area contributed by atoms with E-state index in [4.69, 9.17) is 4.74 Å². The summed E-state index contributed by atoms with van der Waals surface area (Å²) in [5.74, 6) is 0.477. The maximum absolute atomic E-state index is 12.6. The number of anilines is 3. The number of ether oxygens (including phenoxy) is 1. The van der Waals surface area contributed by atoms with E-state index in [-0.39, 0.29) is 11.7 Å². The third kappa shape index (κ3) is 3.90. The van der Waals surface area contributed by atoms with Crippen molar-refractivity contribution in [2.45, 2.75) is 0 Å². The average molecular weight is 334 g/mol. The number of hydrogen-bond donors (Lipinski definition) is 3. The number of benzene rings is 3. The zero-order valence-corrected chi connectivity index (χ0v) is 13.7. The predicted octanol–water partition coefficient (Wildman–Crippen LogP) is 4.40. The van der Waals surface area contributed by atoms with Crippen LogP contribution in [0.2, 0.25) is 0 Å². The van der Waals surface area contributed by atoms with Gasteiger partial charge in [-0.2, -0.15) is 0 Å². The van der Waals surface area contributed by atoms with Gasteiger partial charge < -0.3 is 20.5 Å². The maximum atomic E-state index is 12.6. The molecule has 3 aromatic carbocycles. The topological polar surface area (TPSA) is 70.6 Å². The normalized spacial score (nSPS) is 10.1. The number of nitrogens with one attached hydrogen (secondary N) is 2. The number of carbonyl (C=O) groups excluding carboxylic acids is 1. The Hall–Kier alpha value is -3.47. The zero-order chi connectivity index (χ0) is 17.6. The standard InChI is InChI=1S/C20H18N2O3/c1-25-15-12-10-14(11-13-15)21-17-7-3-2-6-16(17)20(24)22-18-8-4-5-9-19(18)23/h2-13,21,23H,1H3,(H,22,24). The van der Waals surface area contributed by atoms with Gasteiger partial charge in [-0.05, 0) is 48.5 Å². The highest BCUT2D eigenvalue weighted by molar-refractivity contribution is 6.09. The smallest absolute Gasteiger partial charge is 0.257 e. The number of carbonyl (C=O) groups is 1. The van der Waals surface area contributed by atoms with Crippen LogP contribution < -0.4 is 15.4 Å². The molecule has 0 aromatic heterocycles. The Bertz CT molecular complexity index is 876. The lowest BCUT2D eigenvalue weighted by atomic mass is 10.1. The molecular formula is C20H18N2O3. The highest BCUT2D eigenvalue weighted by atomic mass is 16.5. The van der Waals surface area contributed by atoms with Crippen molar-refractivity contribution in [1.82, 2.24) is 0 Å². The minimum Gasteiger partial charge on any atom is -0.506 e. The second-order valence-corrected chi connectivity index (χ2v) is 5.37. The largest absolute Gasteiger partial charge is 0.506 e. The van der Waals surface area contributed by atoms with Crippen LogP contribution in [0.4, 0.5) is 17.1 Å². The molecule has 0 aliphatic heterocycles. The van der Waals surface area contributed by atoms with E-state index in [0.717, 1.165) is 11.4 Å². The summed E-state index contributed by atoms with van der Waals surface area (Å²) in [6.07, 6.45) is 0. The predicted molar refractivity (Wildman–Crippen MR) is 98.8 cm³/mol. The minimum atomic E-state index is -0.307. The summed E-state index contributed by atoms with van der Waals surface area (Å²) in [4.78, 5) is 12.6. The van der Waals surface area contributed by atoms with Gasteiger partial charge in [-0.25, -0.2) is 0 Å². The number of para-hydroxylation sites is 3. The van der Waals surface area contributed by atoms with E-state index < -0.39 is 0 Å². The number of aromatic hydroxyl groups is 1. The van der Waals surface area contributed by atoms with Crippen molar-refractivity contribution in [3.63, 3.8) is 0 Å². The maximum Gasteiger partial charge on any atom is 0.257 e. The monoisotopic (exact) mass is 334 g/mol. The van der Waals surface area contributed by atoms with Crippen molar-refractivity contribution in [3.05, 3.63) is 78.4 Å². The van der Waals surface area contributed by atoms with Gasteiger partial charge in [0.2, 0.25) is 0 Å². The number of amides is 1. The molecule has 126 valence electrons. The summed E-state index contributed by atoms with van der Waals surface area (Å²) in [5, 5.41) is 15.8. The van der Waals surface area contributed by atoms with Gasteiger partial charge in [0.05, 0.1) is 24.0 Å². The van der Waals surface area contributed by atoms with Crippen molar-refractivity contribution in [2.75, 3.05) is 17.7 Å². The molecule has 3 aromatic rings. The van der Waals surface area contributed by atoms with E-state index in [0.29, 0.717) is 16.9 Å². The van der Waals surface area contributed by atoms with Gasteiger partial charge in [-0.1, -0.05) is 24.3 Å². The molecule has 0 fully saturated rings. The van der Waals surface area contributed by atoms with Crippen molar-refractivity contribution >= 4 is 23.0 Å². The Morgan fingerprint density at radius 2 is 1.52 bits per heavy atom. The Morgan fingerprint density at radius 1 is 0.880 bits per heavy atom. The first-order valence-electron chi connectivity index (χ1n) is 7.77. The van der Waals surface area contributed by atoms with Crippen LogP contribution in [0.1, 0.15) is 10.4 Å². The molecule has 0 atom stereocenters. The Morgan fingerprint density at radius 3 is 2.20 bits per heavy atom. The fourth-order valence-electron chi connectivity index (χ4n) is 2.39. The highest BCUT2D eigenvalue weighted by Crippen LogP contribution is 2.26. The van der Waals surface area contributed by atoms with Crippen LogP contribution in [0, 0.1) is 0 Å². The number of phenols is 1. The van der Waals surface area contributed by atoms with E-state index >= 15 is 0 Å². The quantitative estimate of drug-likeness (QED) is 0.605. The number of hydrogen-bond acceptors (Lipinski definition) is 4. The van der Waals surface area contributed by atoms with Crippen LogP contribution in [0.3, 0.4) is 0 Å². The minimum absolute atomic E-state index is 0.0245. The molecule has 0 unspecified atom stereocenters. The number of phenolic OH excluding ortho intramolecular Hbond substituents is 1. The van der Waals surface area contributed by atoms with E-state index in [1.807, 2.05) is 36.4 Å². The zero-order valence-electron chi connectivity index (χ0n) is 13.7. The van der Waals surface area contributed by atoms with E-state index in [1.54, 1.807) is 37.4 Å². The van der Waals surface area contributed by atoms with Crippen molar-refractivity contribution in [3.8, 4) is 11.5 Å². The Kier molecular flexibility index (Phi) is 4.85. The van der Waals surface area contributed by atoms with Gasteiger partial charge in [-0.15, -0.1) is 0 Å². The van der Waals surface area contributed by atoms with Gasteiger partial charge in [0.1, 0.15) is 11.5 Å². The van der Waals surface area contributed by atoms with Gasteiger partial charge in [0, 0.05) is 5.69 Å². The van der Waals surface area contributed by atoms with Crippen molar-refractivity contribution < 1.29 is 14.6 Å². The average Bonchev–Trinajstić information content (AvgIpc) is 2.64. The van der Waals surface area contributed by atoms with Crippen LogP contribution in [0.5, 0.6) is 11.5 Å². The number of methoxy groups -OCH3 is 1. The van der Waals surface area contributed by atoms with Gasteiger partial charge in [0.15, 0.2) is 0 Å². The Labute approximate surface area is 145 Å². The van der Waals surface area contributed by atoms with Gasteiger partial charge in [-0.3, -0.25) is 4.79 Å². The number of rotatable bonds is 5. The third-order valence-electron chi connectivity index (χ3n) is 3.69. The Balaban J connectivity index is 1.82. The first-order chi connectivity index (χ1) is 12.2. The van der Waals surface area contributed by atoms with Crippen LogP contribution in [-0.2, 0) is 0 Å². The lowest BCUT2D eigenvalue weighted by Gasteiger charge is -2.13. The molecule has 0 heterocycles. The van der Waals surface area contributed by atoms with Gasteiger partial charge >= 0.3 is 0 Å². The highest BCUT2D eigenvalue weighted by Gasteiger charge is 2.13. The van der Waals surface area contributed by atoms with E-state index in [9.17, 15) is 9.90 Å². The van der Waals surface area contributed by atoms with Crippen LogP contribution in [0.25, 0.3) is 0 Å². The summed E-state index contributed by atoms with van der Waals surface area (Å²) < 4.78 is 5.14. The SMILES string of the molecule is COc1ccc(Nc2ccccc2C(=O)Nc2ccccc2O)cc1. The molecular weight excluding hydrogens is 316 g/mol. The molecule has 0 aliphatic carbocycles.